The Morgan fingerprint density at radius 3 is 2.48 bits per heavy atom. The molecule has 6 nitrogen and oxygen atoms in total. The van der Waals surface area contributed by atoms with Crippen molar-refractivity contribution in [2.24, 2.45) is 11.8 Å². The normalized spacial score (nSPS) is 24.3. The molecule has 0 radical (unpaired) electrons. The van der Waals surface area contributed by atoms with Crippen LogP contribution < -0.4 is 4.74 Å². The Morgan fingerprint density at radius 2 is 1.89 bits per heavy atom. The molecule has 0 spiro atoms. The maximum Gasteiger partial charge on any atom is 0.195 e. The van der Waals surface area contributed by atoms with Gasteiger partial charge in [-0.25, -0.2) is 4.98 Å². The second-order valence-corrected chi connectivity index (χ2v) is 7.39. The molecule has 2 aliphatic rings. The number of likely N-dealkylation sites (tertiary alicyclic amines) is 1. The average Bonchev–Trinajstić information content (AvgIpc) is 3.20. The summed E-state index contributed by atoms with van der Waals surface area (Å²) < 4.78 is 6.08. The second-order valence-electron chi connectivity index (χ2n) is 7.39. The number of aromatic hydroxyl groups is 1. The van der Waals surface area contributed by atoms with E-state index in [4.69, 9.17) is 10.00 Å². The highest BCUT2D eigenvalue weighted by molar-refractivity contribution is 5.95. The molecule has 1 aliphatic carbocycles. The topological polar surface area (TPSA) is 86.5 Å². The van der Waals surface area contributed by atoms with Crippen LogP contribution in [0.1, 0.15) is 28.9 Å². The Balaban J connectivity index is 1.28. The van der Waals surface area contributed by atoms with Gasteiger partial charge in [-0.1, -0.05) is 0 Å². The SMILES string of the molecule is N#Cc1ccc(OC2C[C@@H]3CN(CC(=O)c4ccc(O)cn4)C[C@@H]3C2)cc1. The summed E-state index contributed by atoms with van der Waals surface area (Å²) in [5, 5.41) is 18.1. The average molecular weight is 363 g/mol. The van der Waals surface area contributed by atoms with Crippen molar-refractivity contribution in [2.75, 3.05) is 19.6 Å². The smallest absolute Gasteiger partial charge is 0.195 e. The number of ether oxygens (including phenoxy) is 1. The molecule has 1 N–H and O–H groups in total. The molecular formula is C21H21N3O3. The fraction of sp³-hybridized carbons (Fsp3) is 0.381. The summed E-state index contributed by atoms with van der Waals surface area (Å²) in [6, 6.07) is 12.4. The molecule has 3 atom stereocenters. The van der Waals surface area contributed by atoms with Gasteiger partial charge in [-0.05, 0) is 61.1 Å². The summed E-state index contributed by atoms with van der Waals surface area (Å²) in [4.78, 5) is 18.6. The van der Waals surface area contributed by atoms with Crippen LogP contribution in [0.25, 0.3) is 0 Å². The number of nitrogens with zero attached hydrogens (tertiary/aromatic N) is 3. The highest BCUT2D eigenvalue weighted by Gasteiger charge is 2.42. The summed E-state index contributed by atoms with van der Waals surface area (Å²) in [6.45, 7) is 2.18. The number of fused-ring (bicyclic) bond motifs is 1. The molecular weight excluding hydrogens is 342 g/mol. The minimum atomic E-state index is -0.0136. The number of rotatable bonds is 5. The molecule has 1 unspecified atom stereocenters. The van der Waals surface area contributed by atoms with Crippen LogP contribution in [0.4, 0.5) is 0 Å². The van der Waals surface area contributed by atoms with Crippen LogP contribution in [0.3, 0.4) is 0 Å². The van der Waals surface area contributed by atoms with E-state index in [1.165, 1.54) is 12.3 Å². The van der Waals surface area contributed by atoms with E-state index in [2.05, 4.69) is 16.0 Å². The molecule has 0 amide bonds. The van der Waals surface area contributed by atoms with Crippen LogP contribution in [0, 0.1) is 23.2 Å². The first-order valence-electron chi connectivity index (χ1n) is 9.18. The Labute approximate surface area is 158 Å². The fourth-order valence-electron chi connectivity index (χ4n) is 4.20. The number of nitriles is 1. The van der Waals surface area contributed by atoms with Crippen LogP contribution in [-0.2, 0) is 0 Å². The first-order valence-corrected chi connectivity index (χ1v) is 9.18. The molecule has 4 rings (SSSR count). The number of Topliss-reactive ketones (excluding diaryl/α,β-unsaturated/α-hetero) is 1. The van der Waals surface area contributed by atoms with Gasteiger partial charge in [-0.3, -0.25) is 9.69 Å². The van der Waals surface area contributed by atoms with E-state index < -0.39 is 0 Å². The van der Waals surface area contributed by atoms with Gasteiger partial charge in [-0.15, -0.1) is 0 Å². The minimum absolute atomic E-state index is 0.0136. The van der Waals surface area contributed by atoms with Gasteiger partial charge in [0, 0.05) is 13.1 Å². The zero-order valence-corrected chi connectivity index (χ0v) is 14.9. The molecule has 138 valence electrons. The highest BCUT2D eigenvalue weighted by Crippen LogP contribution is 2.39. The van der Waals surface area contributed by atoms with Crippen LogP contribution >= 0.6 is 0 Å². The van der Waals surface area contributed by atoms with Crippen LogP contribution in [0.5, 0.6) is 11.5 Å². The Bertz CT molecular complexity index is 844. The van der Waals surface area contributed by atoms with Crippen molar-refractivity contribution in [3.63, 3.8) is 0 Å². The molecule has 1 aliphatic heterocycles. The fourth-order valence-corrected chi connectivity index (χ4v) is 4.20. The molecule has 0 bridgehead atoms. The number of aromatic nitrogens is 1. The largest absolute Gasteiger partial charge is 0.506 e. The van der Waals surface area contributed by atoms with Crippen molar-refractivity contribution in [2.45, 2.75) is 18.9 Å². The van der Waals surface area contributed by atoms with Crippen LogP contribution in [-0.4, -0.2) is 46.5 Å². The standard InChI is InChI=1S/C21H21N3O3/c22-9-14-1-4-18(5-2-14)27-19-7-15-11-24(12-16(15)8-19)13-21(26)20-6-3-17(25)10-23-20/h1-6,10,15-16,19,25H,7-8,11-13H2/t15-,16+,19?. The second kappa shape index (κ2) is 7.37. The van der Waals surface area contributed by atoms with E-state index >= 15 is 0 Å². The van der Waals surface area contributed by atoms with Crippen molar-refractivity contribution in [3.05, 3.63) is 53.9 Å². The van der Waals surface area contributed by atoms with E-state index in [1.807, 2.05) is 12.1 Å². The van der Waals surface area contributed by atoms with E-state index in [0.717, 1.165) is 31.7 Å². The lowest BCUT2D eigenvalue weighted by Crippen LogP contribution is -2.30. The third kappa shape index (κ3) is 3.93. The van der Waals surface area contributed by atoms with Gasteiger partial charge < -0.3 is 9.84 Å². The monoisotopic (exact) mass is 363 g/mol. The summed E-state index contributed by atoms with van der Waals surface area (Å²) in [5.74, 6) is 1.96. The molecule has 27 heavy (non-hydrogen) atoms. The first kappa shape index (κ1) is 17.5. The van der Waals surface area contributed by atoms with Crippen molar-refractivity contribution in [3.8, 4) is 17.6 Å². The number of carbonyl (C=O) groups is 1. The van der Waals surface area contributed by atoms with Gasteiger partial charge >= 0.3 is 0 Å². The Morgan fingerprint density at radius 1 is 1.19 bits per heavy atom. The minimum Gasteiger partial charge on any atom is -0.506 e. The summed E-state index contributed by atoms with van der Waals surface area (Å²) in [6.07, 6.45) is 3.49. The van der Waals surface area contributed by atoms with Crippen molar-refractivity contribution in [1.29, 1.82) is 5.26 Å². The van der Waals surface area contributed by atoms with E-state index in [0.29, 0.717) is 29.6 Å². The molecule has 1 aromatic carbocycles. The predicted molar refractivity (Wildman–Crippen MR) is 98.5 cm³/mol. The van der Waals surface area contributed by atoms with Gasteiger partial charge in [0.15, 0.2) is 5.78 Å². The molecule has 1 aromatic heterocycles. The first-order chi connectivity index (χ1) is 13.1. The lowest BCUT2D eigenvalue weighted by atomic mass is 10.0. The third-order valence-electron chi connectivity index (χ3n) is 5.47. The zero-order chi connectivity index (χ0) is 18.8. The quantitative estimate of drug-likeness (QED) is 0.822. The molecule has 2 heterocycles. The van der Waals surface area contributed by atoms with Crippen LogP contribution in [0.2, 0.25) is 0 Å². The van der Waals surface area contributed by atoms with Crippen LogP contribution in [0.15, 0.2) is 42.6 Å². The number of ketones is 1. The number of hydrogen-bond acceptors (Lipinski definition) is 6. The Hall–Kier alpha value is -2.91. The molecule has 2 fully saturated rings. The van der Waals surface area contributed by atoms with E-state index in [-0.39, 0.29) is 17.6 Å². The molecule has 1 saturated heterocycles. The summed E-state index contributed by atoms with van der Waals surface area (Å²) in [5.41, 5.74) is 1.03. The van der Waals surface area contributed by atoms with Crippen molar-refractivity contribution >= 4 is 5.78 Å². The maximum atomic E-state index is 12.4. The van der Waals surface area contributed by atoms with Crippen molar-refractivity contribution in [1.82, 2.24) is 9.88 Å². The lowest BCUT2D eigenvalue weighted by molar-refractivity contribution is 0.0932. The summed E-state index contributed by atoms with van der Waals surface area (Å²) >= 11 is 0. The van der Waals surface area contributed by atoms with E-state index in [1.54, 1.807) is 18.2 Å². The highest BCUT2D eigenvalue weighted by atomic mass is 16.5. The van der Waals surface area contributed by atoms with Gasteiger partial charge in [0.1, 0.15) is 17.2 Å². The van der Waals surface area contributed by atoms with Gasteiger partial charge in [0.25, 0.3) is 0 Å². The van der Waals surface area contributed by atoms with Crippen molar-refractivity contribution < 1.29 is 14.6 Å². The number of hydrogen-bond donors (Lipinski definition) is 1. The van der Waals surface area contributed by atoms with Gasteiger partial charge in [0.05, 0.1) is 30.5 Å². The third-order valence-corrected chi connectivity index (χ3v) is 5.47. The van der Waals surface area contributed by atoms with E-state index in [9.17, 15) is 9.90 Å². The molecule has 6 heteroatoms. The number of carbonyl (C=O) groups excluding carboxylic acids is 1. The maximum absolute atomic E-state index is 12.4. The summed E-state index contributed by atoms with van der Waals surface area (Å²) in [7, 11) is 0. The number of benzene rings is 1. The lowest BCUT2D eigenvalue weighted by Gasteiger charge is -2.19. The van der Waals surface area contributed by atoms with Gasteiger partial charge in [-0.2, -0.15) is 5.26 Å². The predicted octanol–water partition coefficient (Wildman–Crippen LogP) is 2.63. The zero-order valence-electron chi connectivity index (χ0n) is 14.9. The number of pyridine rings is 1. The molecule has 2 aromatic rings. The molecule has 1 saturated carbocycles. The Kier molecular flexibility index (Phi) is 4.78. The van der Waals surface area contributed by atoms with Gasteiger partial charge in [0.2, 0.25) is 0 Å².